The van der Waals surface area contributed by atoms with Crippen LogP contribution < -0.4 is 15.2 Å². The van der Waals surface area contributed by atoms with Crippen LogP contribution in [0.25, 0.3) is 5.65 Å². The standard InChI is InChI=1S/C20H22N4O2/c1-26-18-7-5-17(6-8-18)23-12-10-22(11-13-23)15-16-14-20(25)24-9-3-2-4-19(24)21-16/h2-9,14H,10-13,15H2,1H3. The lowest BCUT2D eigenvalue weighted by atomic mass is 10.2. The maximum Gasteiger partial charge on any atom is 0.258 e. The van der Waals surface area contributed by atoms with Crippen molar-refractivity contribution in [1.82, 2.24) is 14.3 Å². The van der Waals surface area contributed by atoms with Gasteiger partial charge in [-0.2, -0.15) is 0 Å². The molecule has 0 radical (unpaired) electrons. The van der Waals surface area contributed by atoms with Crippen molar-refractivity contribution < 1.29 is 4.74 Å². The third kappa shape index (κ3) is 3.41. The fourth-order valence-electron chi connectivity index (χ4n) is 3.37. The van der Waals surface area contributed by atoms with E-state index in [2.05, 4.69) is 26.9 Å². The number of hydrogen-bond donors (Lipinski definition) is 0. The lowest BCUT2D eigenvalue weighted by Crippen LogP contribution is -2.46. The van der Waals surface area contributed by atoms with E-state index >= 15 is 0 Å². The molecule has 0 saturated carbocycles. The molecule has 0 spiro atoms. The Hall–Kier alpha value is -2.86. The van der Waals surface area contributed by atoms with E-state index in [0.717, 1.165) is 37.6 Å². The Bertz CT molecular complexity index is 944. The molecule has 0 amide bonds. The van der Waals surface area contributed by atoms with Crippen LogP contribution in [0.3, 0.4) is 0 Å². The van der Waals surface area contributed by atoms with Crippen molar-refractivity contribution in [2.75, 3.05) is 38.2 Å². The van der Waals surface area contributed by atoms with Crippen LogP contribution in [0.1, 0.15) is 5.69 Å². The number of ether oxygens (including phenoxy) is 1. The van der Waals surface area contributed by atoms with Gasteiger partial charge in [0.05, 0.1) is 12.8 Å². The number of rotatable bonds is 4. The molecule has 0 bridgehead atoms. The molecular weight excluding hydrogens is 328 g/mol. The third-order valence-electron chi connectivity index (χ3n) is 4.82. The predicted molar refractivity (Wildman–Crippen MR) is 102 cm³/mol. The molecule has 134 valence electrons. The van der Waals surface area contributed by atoms with Crippen LogP contribution in [0.5, 0.6) is 5.75 Å². The third-order valence-corrected chi connectivity index (χ3v) is 4.82. The minimum absolute atomic E-state index is 0.0255. The molecule has 0 N–H and O–H groups in total. The van der Waals surface area contributed by atoms with Crippen molar-refractivity contribution in [3.8, 4) is 5.75 Å². The molecule has 6 heteroatoms. The van der Waals surface area contributed by atoms with Crippen LogP contribution in [0.4, 0.5) is 5.69 Å². The smallest absolute Gasteiger partial charge is 0.258 e. The van der Waals surface area contributed by atoms with E-state index in [-0.39, 0.29) is 5.56 Å². The van der Waals surface area contributed by atoms with Crippen LogP contribution in [-0.4, -0.2) is 47.6 Å². The number of nitrogens with zero attached hydrogens (tertiary/aromatic N) is 4. The summed E-state index contributed by atoms with van der Waals surface area (Å²) in [6.07, 6.45) is 1.75. The summed E-state index contributed by atoms with van der Waals surface area (Å²) in [5, 5.41) is 0. The lowest BCUT2D eigenvalue weighted by molar-refractivity contribution is 0.247. The van der Waals surface area contributed by atoms with E-state index in [1.807, 2.05) is 30.3 Å². The van der Waals surface area contributed by atoms with Crippen LogP contribution >= 0.6 is 0 Å². The summed E-state index contributed by atoms with van der Waals surface area (Å²) < 4.78 is 6.79. The van der Waals surface area contributed by atoms with Crippen molar-refractivity contribution in [2.24, 2.45) is 0 Å². The number of benzene rings is 1. The van der Waals surface area contributed by atoms with Gasteiger partial charge in [-0.15, -0.1) is 0 Å². The summed E-state index contributed by atoms with van der Waals surface area (Å²) in [6.45, 7) is 4.51. The van der Waals surface area contributed by atoms with Crippen molar-refractivity contribution in [3.63, 3.8) is 0 Å². The summed E-state index contributed by atoms with van der Waals surface area (Å²) in [4.78, 5) is 21.6. The first-order chi connectivity index (χ1) is 12.7. The second-order valence-electron chi connectivity index (χ2n) is 6.48. The molecule has 3 aromatic rings. The molecule has 3 heterocycles. The van der Waals surface area contributed by atoms with Gasteiger partial charge in [-0.25, -0.2) is 4.98 Å². The molecule has 0 aliphatic carbocycles. The van der Waals surface area contributed by atoms with Crippen molar-refractivity contribution in [3.05, 3.63) is 70.8 Å². The maximum absolute atomic E-state index is 12.2. The molecule has 0 unspecified atom stereocenters. The maximum atomic E-state index is 12.2. The molecule has 1 aromatic carbocycles. The van der Waals surface area contributed by atoms with Crippen LogP contribution in [0.15, 0.2) is 59.5 Å². The topological polar surface area (TPSA) is 50.1 Å². The lowest BCUT2D eigenvalue weighted by Gasteiger charge is -2.36. The van der Waals surface area contributed by atoms with Gasteiger partial charge in [0, 0.05) is 50.7 Å². The fraction of sp³-hybridized carbons (Fsp3) is 0.300. The summed E-state index contributed by atoms with van der Waals surface area (Å²) in [5.41, 5.74) is 2.72. The van der Waals surface area contributed by atoms with E-state index in [1.54, 1.807) is 23.8 Å². The SMILES string of the molecule is COc1ccc(N2CCN(Cc3cc(=O)n4ccccc4n3)CC2)cc1. The summed E-state index contributed by atoms with van der Waals surface area (Å²) in [7, 11) is 1.68. The first kappa shape index (κ1) is 16.6. The van der Waals surface area contributed by atoms with Gasteiger partial charge in [0.2, 0.25) is 0 Å². The zero-order chi connectivity index (χ0) is 17.9. The monoisotopic (exact) mass is 350 g/mol. The Morgan fingerprint density at radius 1 is 1.04 bits per heavy atom. The highest BCUT2D eigenvalue weighted by molar-refractivity contribution is 5.49. The van der Waals surface area contributed by atoms with Crippen molar-refractivity contribution >= 4 is 11.3 Å². The zero-order valence-electron chi connectivity index (χ0n) is 14.8. The van der Waals surface area contributed by atoms with Crippen LogP contribution in [-0.2, 0) is 6.54 Å². The Morgan fingerprint density at radius 2 is 1.81 bits per heavy atom. The second-order valence-corrected chi connectivity index (χ2v) is 6.48. The molecule has 6 nitrogen and oxygen atoms in total. The number of anilines is 1. The molecular formula is C20H22N4O2. The average Bonchev–Trinajstić information content (AvgIpc) is 2.69. The number of piperazine rings is 1. The molecule has 4 rings (SSSR count). The Kier molecular flexibility index (Phi) is 4.58. The Balaban J connectivity index is 1.41. The molecule has 1 aliphatic rings. The molecule has 2 aromatic heterocycles. The first-order valence-corrected chi connectivity index (χ1v) is 8.81. The van der Waals surface area contributed by atoms with E-state index in [4.69, 9.17) is 4.74 Å². The number of pyridine rings is 1. The molecule has 1 aliphatic heterocycles. The highest BCUT2D eigenvalue weighted by Crippen LogP contribution is 2.20. The van der Waals surface area contributed by atoms with E-state index in [1.165, 1.54) is 5.69 Å². The second kappa shape index (κ2) is 7.17. The number of hydrogen-bond acceptors (Lipinski definition) is 5. The van der Waals surface area contributed by atoms with E-state index in [0.29, 0.717) is 12.2 Å². The molecule has 1 fully saturated rings. The highest BCUT2D eigenvalue weighted by Gasteiger charge is 2.18. The summed E-state index contributed by atoms with van der Waals surface area (Å²) in [6, 6.07) is 15.4. The van der Waals surface area contributed by atoms with Gasteiger partial charge in [0.15, 0.2) is 0 Å². The highest BCUT2D eigenvalue weighted by atomic mass is 16.5. The number of fused-ring (bicyclic) bond motifs is 1. The minimum Gasteiger partial charge on any atom is -0.497 e. The van der Waals surface area contributed by atoms with Crippen LogP contribution in [0.2, 0.25) is 0 Å². The molecule has 1 saturated heterocycles. The van der Waals surface area contributed by atoms with Gasteiger partial charge >= 0.3 is 0 Å². The Morgan fingerprint density at radius 3 is 2.54 bits per heavy atom. The molecule has 26 heavy (non-hydrogen) atoms. The molecule has 0 atom stereocenters. The van der Waals surface area contributed by atoms with E-state index in [9.17, 15) is 4.79 Å². The number of methoxy groups -OCH3 is 1. The predicted octanol–water partition coefficient (Wildman–Crippen LogP) is 2.03. The largest absolute Gasteiger partial charge is 0.497 e. The minimum atomic E-state index is -0.0255. The normalized spacial score (nSPS) is 15.3. The first-order valence-electron chi connectivity index (χ1n) is 8.81. The quantitative estimate of drug-likeness (QED) is 0.721. The van der Waals surface area contributed by atoms with Crippen molar-refractivity contribution in [2.45, 2.75) is 6.54 Å². The van der Waals surface area contributed by atoms with E-state index < -0.39 is 0 Å². The summed E-state index contributed by atoms with van der Waals surface area (Å²) >= 11 is 0. The van der Waals surface area contributed by atoms with Gasteiger partial charge in [-0.05, 0) is 36.4 Å². The summed E-state index contributed by atoms with van der Waals surface area (Å²) in [5.74, 6) is 0.876. The Labute approximate surface area is 152 Å². The van der Waals surface area contributed by atoms with Gasteiger partial charge in [0.1, 0.15) is 11.4 Å². The fourth-order valence-corrected chi connectivity index (χ4v) is 3.37. The van der Waals surface area contributed by atoms with Gasteiger partial charge in [-0.1, -0.05) is 6.07 Å². The van der Waals surface area contributed by atoms with Gasteiger partial charge in [0.25, 0.3) is 5.56 Å². The van der Waals surface area contributed by atoms with Gasteiger partial charge < -0.3 is 9.64 Å². The number of aromatic nitrogens is 2. The average molecular weight is 350 g/mol. The zero-order valence-corrected chi connectivity index (χ0v) is 14.8. The van der Waals surface area contributed by atoms with Crippen LogP contribution in [0, 0.1) is 0 Å². The van der Waals surface area contributed by atoms with Crippen molar-refractivity contribution in [1.29, 1.82) is 0 Å². The van der Waals surface area contributed by atoms with Gasteiger partial charge in [-0.3, -0.25) is 14.1 Å².